The largest absolute Gasteiger partial charge is 0.381 e. The molecule has 5 heteroatoms. The van der Waals surface area contributed by atoms with E-state index in [4.69, 9.17) is 4.74 Å². The van der Waals surface area contributed by atoms with Crippen LogP contribution in [0, 0.1) is 18.3 Å². The van der Waals surface area contributed by atoms with E-state index in [1.54, 1.807) is 0 Å². The number of ether oxygens (including phenoxy) is 1. The number of carbonyl (C=O) groups excluding carboxylic acids is 2. The average molecular weight is 342 g/mol. The smallest absolute Gasteiger partial charge is 0.231 e. The van der Waals surface area contributed by atoms with Crippen LogP contribution in [0.15, 0.2) is 24.3 Å². The zero-order chi connectivity index (χ0) is 17.4. The second-order valence-corrected chi connectivity index (χ2v) is 7.82. The van der Waals surface area contributed by atoms with Crippen LogP contribution in [0.4, 0.5) is 0 Å². The van der Waals surface area contributed by atoms with Crippen molar-refractivity contribution in [3.8, 4) is 0 Å². The van der Waals surface area contributed by atoms with Crippen molar-refractivity contribution in [1.29, 1.82) is 0 Å². The quantitative estimate of drug-likeness (QED) is 0.844. The van der Waals surface area contributed by atoms with Crippen LogP contribution in [0.1, 0.15) is 30.4 Å². The molecule has 3 aliphatic rings. The van der Waals surface area contributed by atoms with Gasteiger partial charge in [0.15, 0.2) is 0 Å². The Morgan fingerprint density at radius 1 is 1.32 bits per heavy atom. The summed E-state index contributed by atoms with van der Waals surface area (Å²) in [5.41, 5.74) is 2.05. The fourth-order valence-electron chi connectivity index (χ4n) is 4.50. The number of likely N-dealkylation sites (tertiary alicyclic amines) is 2. The van der Waals surface area contributed by atoms with E-state index in [1.165, 1.54) is 11.1 Å². The zero-order valence-electron chi connectivity index (χ0n) is 14.9. The monoisotopic (exact) mass is 342 g/mol. The predicted octanol–water partition coefficient (Wildman–Crippen LogP) is 1.98. The molecular weight excluding hydrogens is 316 g/mol. The molecule has 25 heavy (non-hydrogen) atoms. The van der Waals surface area contributed by atoms with Crippen LogP contribution < -0.4 is 0 Å². The number of rotatable bonds is 3. The lowest BCUT2D eigenvalue weighted by atomic mass is 9.85. The second kappa shape index (κ2) is 6.45. The minimum atomic E-state index is -0.348. The molecular formula is C20H26N2O3. The van der Waals surface area contributed by atoms with E-state index >= 15 is 0 Å². The number of hydrogen-bond acceptors (Lipinski definition) is 3. The Morgan fingerprint density at radius 3 is 2.92 bits per heavy atom. The SMILES string of the molecule is Cc1cccc(CN2CC[C@@]3(CCN(C(=O)[C@@H]4CCOC4)C3)C2=O)c1. The van der Waals surface area contributed by atoms with Crippen LogP contribution in [0.5, 0.6) is 0 Å². The molecule has 0 saturated carbocycles. The first kappa shape index (κ1) is 16.6. The minimum Gasteiger partial charge on any atom is -0.381 e. The van der Waals surface area contributed by atoms with Gasteiger partial charge in [0.25, 0.3) is 0 Å². The fraction of sp³-hybridized carbons (Fsp3) is 0.600. The maximum absolute atomic E-state index is 13.1. The summed E-state index contributed by atoms with van der Waals surface area (Å²) in [6.07, 6.45) is 2.48. The molecule has 3 fully saturated rings. The van der Waals surface area contributed by atoms with Crippen molar-refractivity contribution in [2.24, 2.45) is 11.3 Å². The van der Waals surface area contributed by atoms with E-state index < -0.39 is 0 Å². The summed E-state index contributed by atoms with van der Waals surface area (Å²) >= 11 is 0. The normalized spacial score (nSPS) is 29.2. The number of benzene rings is 1. The van der Waals surface area contributed by atoms with E-state index in [1.807, 2.05) is 15.9 Å². The van der Waals surface area contributed by atoms with Gasteiger partial charge in [-0.1, -0.05) is 29.8 Å². The standard InChI is InChI=1S/C20H26N2O3/c1-15-3-2-4-16(11-15)12-21-8-6-20(19(21)24)7-9-22(14-20)18(23)17-5-10-25-13-17/h2-4,11,17H,5-10,12-14H2,1H3/t17-,20+/m1/s1. The molecule has 0 aliphatic carbocycles. The second-order valence-electron chi connectivity index (χ2n) is 7.82. The summed E-state index contributed by atoms with van der Waals surface area (Å²) in [5, 5.41) is 0. The molecule has 0 N–H and O–H groups in total. The van der Waals surface area contributed by atoms with Gasteiger partial charge in [0.2, 0.25) is 11.8 Å². The van der Waals surface area contributed by atoms with E-state index in [9.17, 15) is 9.59 Å². The van der Waals surface area contributed by atoms with Gasteiger partial charge in [-0.05, 0) is 31.7 Å². The highest BCUT2D eigenvalue weighted by Gasteiger charge is 2.52. The Hall–Kier alpha value is -1.88. The van der Waals surface area contributed by atoms with Crippen LogP contribution in [-0.4, -0.2) is 54.5 Å². The third-order valence-corrected chi connectivity index (χ3v) is 6.00. The van der Waals surface area contributed by atoms with Crippen LogP contribution in [0.2, 0.25) is 0 Å². The molecule has 5 nitrogen and oxygen atoms in total. The maximum atomic E-state index is 13.1. The maximum Gasteiger partial charge on any atom is 0.231 e. The number of nitrogens with zero attached hydrogens (tertiary/aromatic N) is 2. The first-order valence-corrected chi connectivity index (χ1v) is 9.29. The Kier molecular flexibility index (Phi) is 4.28. The molecule has 2 amide bonds. The van der Waals surface area contributed by atoms with E-state index in [0.717, 1.165) is 25.8 Å². The number of aryl methyl sites for hydroxylation is 1. The lowest BCUT2D eigenvalue weighted by Gasteiger charge is -2.25. The molecule has 0 radical (unpaired) electrons. The molecule has 3 saturated heterocycles. The van der Waals surface area contributed by atoms with Crippen LogP contribution in [-0.2, 0) is 20.9 Å². The van der Waals surface area contributed by atoms with Crippen molar-refractivity contribution in [2.45, 2.75) is 32.7 Å². The molecule has 0 aromatic heterocycles. The van der Waals surface area contributed by atoms with Crippen molar-refractivity contribution >= 4 is 11.8 Å². The molecule has 4 rings (SSSR count). The van der Waals surface area contributed by atoms with Gasteiger partial charge in [-0.15, -0.1) is 0 Å². The van der Waals surface area contributed by atoms with E-state index in [0.29, 0.717) is 32.8 Å². The summed E-state index contributed by atoms with van der Waals surface area (Å²) in [5.74, 6) is 0.404. The number of amides is 2. The molecule has 2 atom stereocenters. The predicted molar refractivity (Wildman–Crippen MR) is 93.8 cm³/mol. The fourth-order valence-corrected chi connectivity index (χ4v) is 4.50. The van der Waals surface area contributed by atoms with E-state index in [-0.39, 0.29) is 23.1 Å². The molecule has 3 aliphatic heterocycles. The minimum absolute atomic E-state index is 0.00458. The first-order valence-electron chi connectivity index (χ1n) is 9.29. The third-order valence-electron chi connectivity index (χ3n) is 6.00. The van der Waals surface area contributed by atoms with E-state index in [2.05, 4.69) is 25.1 Å². The van der Waals surface area contributed by atoms with Crippen molar-refractivity contribution in [2.75, 3.05) is 32.8 Å². The van der Waals surface area contributed by atoms with Gasteiger partial charge in [0, 0.05) is 32.8 Å². The molecule has 0 bridgehead atoms. The summed E-state index contributed by atoms with van der Waals surface area (Å²) in [4.78, 5) is 29.6. The number of carbonyl (C=O) groups is 2. The summed E-state index contributed by atoms with van der Waals surface area (Å²) < 4.78 is 5.35. The van der Waals surface area contributed by atoms with Crippen LogP contribution >= 0.6 is 0 Å². The molecule has 1 spiro atoms. The summed E-state index contributed by atoms with van der Waals surface area (Å²) in [6, 6.07) is 8.34. The highest BCUT2D eigenvalue weighted by molar-refractivity contribution is 5.87. The van der Waals surface area contributed by atoms with Crippen LogP contribution in [0.3, 0.4) is 0 Å². The third kappa shape index (κ3) is 3.06. The van der Waals surface area contributed by atoms with Gasteiger partial charge in [-0.2, -0.15) is 0 Å². The Balaban J connectivity index is 1.42. The van der Waals surface area contributed by atoms with Crippen LogP contribution in [0.25, 0.3) is 0 Å². The van der Waals surface area contributed by atoms with Gasteiger partial charge >= 0.3 is 0 Å². The Bertz CT molecular complexity index is 683. The lowest BCUT2D eigenvalue weighted by molar-refractivity contribution is -0.138. The van der Waals surface area contributed by atoms with Gasteiger partial charge in [0.1, 0.15) is 0 Å². The Morgan fingerprint density at radius 2 is 2.16 bits per heavy atom. The molecule has 3 heterocycles. The summed E-state index contributed by atoms with van der Waals surface area (Å²) in [6.45, 7) is 6.05. The number of hydrogen-bond donors (Lipinski definition) is 0. The topological polar surface area (TPSA) is 49.9 Å². The van der Waals surface area contributed by atoms with Crippen molar-refractivity contribution < 1.29 is 14.3 Å². The molecule has 1 aromatic rings. The Labute approximate surface area is 148 Å². The van der Waals surface area contributed by atoms with Gasteiger partial charge < -0.3 is 14.5 Å². The summed E-state index contributed by atoms with van der Waals surface area (Å²) in [7, 11) is 0. The molecule has 1 aromatic carbocycles. The van der Waals surface area contributed by atoms with Crippen molar-refractivity contribution in [1.82, 2.24) is 9.80 Å². The van der Waals surface area contributed by atoms with Crippen molar-refractivity contribution in [3.05, 3.63) is 35.4 Å². The molecule has 0 unspecified atom stereocenters. The van der Waals surface area contributed by atoms with Gasteiger partial charge in [-0.3, -0.25) is 9.59 Å². The highest BCUT2D eigenvalue weighted by Crippen LogP contribution is 2.41. The highest BCUT2D eigenvalue weighted by atomic mass is 16.5. The average Bonchev–Trinajstić information content (AvgIpc) is 3.33. The lowest BCUT2D eigenvalue weighted by Crippen LogP contribution is -2.40. The van der Waals surface area contributed by atoms with Gasteiger partial charge in [-0.25, -0.2) is 0 Å². The molecule has 134 valence electrons. The van der Waals surface area contributed by atoms with Crippen molar-refractivity contribution in [3.63, 3.8) is 0 Å². The first-order chi connectivity index (χ1) is 12.1. The zero-order valence-corrected chi connectivity index (χ0v) is 14.9. The van der Waals surface area contributed by atoms with Gasteiger partial charge in [0.05, 0.1) is 17.9 Å².